The van der Waals surface area contributed by atoms with Gasteiger partial charge in [-0.3, -0.25) is 0 Å². The average Bonchev–Trinajstić information content (AvgIpc) is 2.62. The van der Waals surface area contributed by atoms with Crippen molar-refractivity contribution in [1.82, 2.24) is 0 Å². The van der Waals surface area contributed by atoms with Gasteiger partial charge < -0.3 is 9.47 Å². The van der Waals surface area contributed by atoms with Gasteiger partial charge in [0.15, 0.2) is 0 Å². The van der Waals surface area contributed by atoms with Crippen LogP contribution in [0.3, 0.4) is 0 Å². The molecule has 0 saturated carbocycles. The van der Waals surface area contributed by atoms with Crippen molar-refractivity contribution in [1.29, 1.82) is 0 Å². The molecular formula is C11H21BrO2. The molecule has 1 rings (SSSR count). The Hall–Kier alpha value is 0.400. The van der Waals surface area contributed by atoms with E-state index in [0.29, 0.717) is 11.3 Å². The fraction of sp³-hybridized carbons (Fsp3) is 1.00. The maximum Gasteiger partial charge on any atom is 0.0532 e. The normalized spacial score (nSPS) is 27.4. The molecule has 1 fully saturated rings. The monoisotopic (exact) mass is 264 g/mol. The summed E-state index contributed by atoms with van der Waals surface area (Å²) in [5, 5.41) is 1.03. The largest absolute Gasteiger partial charge is 0.381 e. The third kappa shape index (κ3) is 3.87. The van der Waals surface area contributed by atoms with Crippen LogP contribution in [0.5, 0.6) is 0 Å². The van der Waals surface area contributed by atoms with E-state index >= 15 is 0 Å². The van der Waals surface area contributed by atoms with E-state index < -0.39 is 0 Å². The molecule has 0 aromatic rings. The summed E-state index contributed by atoms with van der Waals surface area (Å²) in [6, 6.07) is 0. The first-order valence-electron chi connectivity index (χ1n) is 5.40. The standard InChI is InChI=1S/C11H21BrO2/c1-10(2)7-13-5-3-11(8-12)4-6-14-9-11/h10H,3-9H2,1-2H3. The molecule has 0 bridgehead atoms. The highest BCUT2D eigenvalue weighted by molar-refractivity contribution is 9.09. The van der Waals surface area contributed by atoms with Gasteiger partial charge in [-0.2, -0.15) is 0 Å². The van der Waals surface area contributed by atoms with E-state index in [9.17, 15) is 0 Å². The quantitative estimate of drug-likeness (QED) is 0.543. The Morgan fingerprint density at radius 3 is 2.79 bits per heavy atom. The molecule has 3 heteroatoms. The van der Waals surface area contributed by atoms with Crippen LogP contribution < -0.4 is 0 Å². The summed E-state index contributed by atoms with van der Waals surface area (Å²) in [6.45, 7) is 7.91. The van der Waals surface area contributed by atoms with Crippen molar-refractivity contribution in [2.45, 2.75) is 26.7 Å². The van der Waals surface area contributed by atoms with Crippen LogP contribution in [0.1, 0.15) is 26.7 Å². The first-order chi connectivity index (χ1) is 6.68. The lowest BCUT2D eigenvalue weighted by molar-refractivity contribution is 0.0753. The predicted octanol–water partition coefficient (Wildman–Crippen LogP) is 2.85. The van der Waals surface area contributed by atoms with Crippen LogP contribution in [-0.2, 0) is 9.47 Å². The third-order valence-corrected chi connectivity index (χ3v) is 3.89. The van der Waals surface area contributed by atoms with Gasteiger partial charge in [0.25, 0.3) is 0 Å². The average molecular weight is 265 g/mol. The number of hydrogen-bond donors (Lipinski definition) is 0. The Morgan fingerprint density at radius 1 is 1.50 bits per heavy atom. The predicted molar refractivity (Wildman–Crippen MR) is 61.9 cm³/mol. The molecule has 0 N–H and O–H groups in total. The van der Waals surface area contributed by atoms with Gasteiger partial charge in [0, 0.05) is 30.6 Å². The molecule has 0 aromatic heterocycles. The second-order valence-electron chi connectivity index (χ2n) is 4.65. The van der Waals surface area contributed by atoms with Gasteiger partial charge in [-0.1, -0.05) is 29.8 Å². The number of hydrogen-bond acceptors (Lipinski definition) is 2. The number of ether oxygens (including phenoxy) is 2. The van der Waals surface area contributed by atoms with E-state index in [-0.39, 0.29) is 0 Å². The smallest absolute Gasteiger partial charge is 0.0532 e. The highest BCUT2D eigenvalue weighted by Gasteiger charge is 2.33. The minimum atomic E-state index is 0.344. The summed E-state index contributed by atoms with van der Waals surface area (Å²) < 4.78 is 11.1. The van der Waals surface area contributed by atoms with Crippen LogP contribution in [0, 0.1) is 11.3 Å². The third-order valence-electron chi connectivity index (χ3n) is 2.70. The van der Waals surface area contributed by atoms with E-state index in [1.165, 1.54) is 6.42 Å². The molecule has 1 saturated heterocycles. The summed E-state index contributed by atoms with van der Waals surface area (Å²) in [5.74, 6) is 0.634. The summed E-state index contributed by atoms with van der Waals surface area (Å²) >= 11 is 3.58. The van der Waals surface area contributed by atoms with Crippen LogP contribution in [0.4, 0.5) is 0 Å². The molecule has 0 amide bonds. The van der Waals surface area contributed by atoms with Crippen molar-refractivity contribution >= 4 is 15.9 Å². The molecule has 2 nitrogen and oxygen atoms in total. The zero-order chi connectivity index (χ0) is 10.4. The molecule has 14 heavy (non-hydrogen) atoms. The van der Waals surface area contributed by atoms with Gasteiger partial charge in [0.05, 0.1) is 6.61 Å². The van der Waals surface area contributed by atoms with Gasteiger partial charge in [-0.05, 0) is 18.8 Å². The molecule has 1 heterocycles. The fourth-order valence-corrected chi connectivity index (χ4v) is 2.35. The van der Waals surface area contributed by atoms with E-state index in [4.69, 9.17) is 9.47 Å². The molecule has 1 aliphatic rings. The molecular weight excluding hydrogens is 244 g/mol. The van der Waals surface area contributed by atoms with E-state index in [2.05, 4.69) is 29.8 Å². The Kier molecular flexibility index (Phi) is 5.42. The van der Waals surface area contributed by atoms with Crippen LogP contribution in [0.2, 0.25) is 0 Å². The zero-order valence-corrected chi connectivity index (χ0v) is 10.8. The van der Waals surface area contributed by atoms with E-state index in [1.54, 1.807) is 0 Å². The zero-order valence-electron chi connectivity index (χ0n) is 9.22. The molecule has 0 aromatic carbocycles. The Balaban J connectivity index is 2.15. The highest BCUT2D eigenvalue weighted by Crippen LogP contribution is 2.34. The minimum absolute atomic E-state index is 0.344. The van der Waals surface area contributed by atoms with E-state index in [1.807, 2.05) is 0 Å². The number of halogens is 1. The molecule has 0 aliphatic carbocycles. The summed E-state index contributed by atoms with van der Waals surface area (Å²) in [6.07, 6.45) is 2.29. The van der Waals surface area contributed by atoms with Gasteiger partial charge in [-0.25, -0.2) is 0 Å². The first kappa shape index (κ1) is 12.5. The molecule has 84 valence electrons. The Bertz CT molecular complexity index is 153. The number of rotatable bonds is 6. The van der Waals surface area contributed by atoms with Crippen molar-refractivity contribution in [3.63, 3.8) is 0 Å². The summed E-state index contributed by atoms with van der Waals surface area (Å²) in [5.41, 5.74) is 0.344. The maximum absolute atomic E-state index is 5.61. The van der Waals surface area contributed by atoms with Crippen LogP contribution in [0.25, 0.3) is 0 Å². The lowest BCUT2D eigenvalue weighted by Crippen LogP contribution is -2.25. The summed E-state index contributed by atoms with van der Waals surface area (Å²) in [4.78, 5) is 0. The summed E-state index contributed by atoms with van der Waals surface area (Å²) in [7, 11) is 0. The van der Waals surface area contributed by atoms with Gasteiger partial charge in [-0.15, -0.1) is 0 Å². The molecule has 1 unspecified atom stereocenters. The lowest BCUT2D eigenvalue weighted by atomic mass is 9.87. The van der Waals surface area contributed by atoms with Crippen molar-refractivity contribution in [3.05, 3.63) is 0 Å². The Labute approximate surface area is 95.5 Å². The molecule has 0 radical (unpaired) electrons. The van der Waals surface area contributed by atoms with Gasteiger partial charge in [0.2, 0.25) is 0 Å². The fourth-order valence-electron chi connectivity index (χ4n) is 1.63. The molecule has 0 spiro atoms. The van der Waals surface area contributed by atoms with Gasteiger partial charge in [0.1, 0.15) is 0 Å². The minimum Gasteiger partial charge on any atom is -0.381 e. The van der Waals surface area contributed by atoms with Gasteiger partial charge >= 0.3 is 0 Å². The second-order valence-corrected chi connectivity index (χ2v) is 5.22. The van der Waals surface area contributed by atoms with Crippen molar-refractivity contribution in [2.24, 2.45) is 11.3 Å². The SMILES string of the molecule is CC(C)COCCC1(CBr)CCOC1. The van der Waals surface area contributed by atoms with Crippen LogP contribution >= 0.6 is 15.9 Å². The lowest BCUT2D eigenvalue weighted by Gasteiger charge is -2.24. The Morgan fingerprint density at radius 2 is 2.29 bits per heavy atom. The molecule has 1 atom stereocenters. The van der Waals surface area contributed by atoms with Crippen molar-refractivity contribution < 1.29 is 9.47 Å². The maximum atomic E-state index is 5.61. The van der Waals surface area contributed by atoms with Crippen LogP contribution in [0.15, 0.2) is 0 Å². The van der Waals surface area contributed by atoms with Crippen molar-refractivity contribution in [2.75, 3.05) is 31.8 Å². The van der Waals surface area contributed by atoms with E-state index in [0.717, 1.165) is 38.2 Å². The van der Waals surface area contributed by atoms with Crippen molar-refractivity contribution in [3.8, 4) is 0 Å². The topological polar surface area (TPSA) is 18.5 Å². The first-order valence-corrected chi connectivity index (χ1v) is 6.52. The highest BCUT2D eigenvalue weighted by atomic mass is 79.9. The number of alkyl halides is 1. The molecule has 1 aliphatic heterocycles. The van der Waals surface area contributed by atoms with Crippen LogP contribution in [-0.4, -0.2) is 31.8 Å². The second kappa shape index (κ2) is 6.09.